The van der Waals surface area contributed by atoms with Gasteiger partial charge in [0, 0.05) is 19.8 Å². The van der Waals surface area contributed by atoms with Crippen molar-refractivity contribution in [2.45, 2.75) is 0 Å². The molecule has 5 heteroatoms. The fraction of sp³-hybridized carbons (Fsp3) is 1.00. The Kier molecular flexibility index (Phi) is 31.2. The molecule has 0 aliphatic heterocycles. The van der Waals surface area contributed by atoms with E-state index in [4.69, 9.17) is 11.5 Å². The second-order valence-electron chi connectivity index (χ2n) is 0.993. The van der Waals surface area contributed by atoms with Crippen LogP contribution in [0.25, 0.3) is 0 Å². The van der Waals surface area contributed by atoms with Crippen molar-refractivity contribution in [1.82, 2.24) is 5.32 Å². The van der Waals surface area contributed by atoms with Crippen LogP contribution in [0.15, 0.2) is 0 Å². The van der Waals surface area contributed by atoms with E-state index in [1.807, 2.05) is 0 Å². The van der Waals surface area contributed by atoms with Crippen molar-refractivity contribution in [3.8, 4) is 0 Å². The van der Waals surface area contributed by atoms with Gasteiger partial charge in [0.05, 0.1) is 0 Å². The number of nitrogens with two attached hydrogens (primary N) is 2. The third-order valence-electron chi connectivity index (χ3n) is 0.465. The first-order valence-corrected chi connectivity index (χ1v) is 2.02. The molecular formula is C3H11ClN3Pt+. The quantitative estimate of drug-likeness (QED) is 0.363. The third-order valence-corrected chi connectivity index (χ3v) is 0.465. The van der Waals surface area contributed by atoms with Crippen LogP contribution in [0.5, 0.6) is 0 Å². The summed E-state index contributed by atoms with van der Waals surface area (Å²) < 4.78 is 0. The Balaban J connectivity index is -0.000000125. The molecule has 8 heavy (non-hydrogen) atoms. The smallest absolute Gasteiger partial charge is 1.00 e. The number of hydrogen-bond donors (Lipinski definition) is 3. The van der Waals surface area contributed by atoms with Crippen molar-refractivity contribution in [1.29, 1.82) is 0 Å². The summed E-state index contributed by atoms with van der Waals surface area (Å²) in [5.74, 6) is 0. The summed E-state index contributed by atoms with van der Waals surface area (Å²) in [6.45, 7) is 2.00. The Hall–Kier alpha value is 0.858. The number of halogens is 1. The summed E-state index contributed by atoms with van der Waals surface area (Å²) in [4.78, 5) is 0. The average molecular weight is 320 g/mol. The van der Waals surface area contributed by atoms with Gasteiger partial charge in [0.25, 0.3) is 0 Å². The first-order valence-electron chi connectivity index (χ1n) is 2.02. The number of hydrogen-bond acceptors (Lipinski definition) is 3. The predicted molar refractivity (Wildman–Crippen MR) is 26.1 cm³/mol. The summed E-state index contributed by atoms with van der Waals surface area (Å²) in [5.41, 5.74) is 10.1. The molecule has 54 valence electrons. The minimum Gasteiger partial charge on any atom is -1.00 e. The Labute approximate surface area is 70.2 Å². The molecule has 0 heterocycles. The maximum Gasteiger partial charge on any atom is 2.00 e. The van der Waals surface area contributed by atoms with Crippen molar-refractivity contribution in [2.24, 2.45) is 11.5 Å². The minimum atomic E-state index is 0. The minimum absolute atomic E-state index is 0. The first kappa shape index (κ1) is 15.9. The van der Waals surface area contributed by atoms with Crippen LogP contribution < -0.4 is 29.2 Å². The van der Waals surface area contributed by atoms with Crippen LogP contribution in [0.4, 0.5) is 0 Å². The summed E-state index contributed by atoms with van der Waals surface area (Å²) in [7, 11) is 0. The van der Waals surface area contributed by atoms with Gasteiger partial charge in [-0.05, 0) is 0 Å². The third kappa shape index (κ3) is 15.8. The maximum atomic E-state index is 5.10. The molecule has 0 aliphatic rings. The second kappa shape index (κ2) is 15.7. The van der Waals surface area contributed by atoms with E-state index in [9.17, 15) is 0 Å². The molecular weight excluding hydrogens is 309 g/mol. The molecule has 0 radical (unpaired) electrons. The zero-order valence-corrected chi connectivity index (χ0v) is 7.50. The van der Waals surface area contributed by atoms with Crippen molar-refractivity contribution in [3.05, 3.63) is 0 Å². The molecule has 0 spiro atoms. The van der Waals surface area contributed by atoms with Crippen molar-refractivity contribution in [2.75, 3.05) is 19.8 Å². The molecule has 0 aliphatic carbocycles. The molecule has 3 nitrogen and oxygen atoms in total. The molecule has 0 saturated carbocycles. The molecule has 0 atom stereocenters. The van der Waals surface area contributed by atoms with Gasteiger partial charge in [-0.2, -0.15) is 0 Å². The molecule has 5 N–H and O–H groups in total. The summed E-state index contributed by atoms with van der Waals surface area (Å²) >= 11 is 0. The molecule has 0 bridgehead atoms. The summed E-state index contributed by atoms with van der Waals surface area (Å²) in [5, 5.41) is 2.85. The van der Waals surface area contributed by atoms with E-state index in [0.717, 1.165) is 6.54 Å². The second-order valence-corrected chi connectivity index (χ2v) is 0.993. The van der Waals surface area contributed by atoms with Crippen LogP contribution in [-0.4, -0.2) is 19.8 Å². The van der Waals surface area contributed by atoms with Gasteiger partial charge in [-0.1, -0.05) is 0 Å². The molecule has 0 rings (SSSR count). The van der Waals surface area contributed by atoms with E-state index in [2.05, 4.69) is 5.32 Å². The number of rotatable bonds is 3. The Morgan fingerprint density at radius 1 is 1.25 bits per heavy atom. The monoisotopic (exact) mass is 319 g/mol. The molecule has 0 saturated heterocycles. The van der Waals surface area contributed by atoms with Crippen LogP contribution in [0.2, 0.25) is 0 Å². The number of nitrogens with one attached hydrogen (secondary N) is 1. The summed E-state index contributed by atoms with van der Waals surface area (Å²) in [6, 6.07) is 0. The van der Waals surface area contributed by atoms with Gasteiger partial charge in [0.15, 0.2) is 0 Å². The van der Waals surface area contributed by atoms with Gasteiger partial charge >= 0.3 is 21.1 Å². The fourth-order valence-corrected chi connectivity index (χ4v) is 0.204. The first-order chi connectivity index (χ1) is 2.91. The fourth-order valence-electron chi connectivity index (χ4n) is 0.204. The van der Waals surface area contributed by atoms with Gasteiger partial charge in [0.1, 0.15) is 0 Å². The zero-order valence-electron chi connectivity index (χ0n) is 4.47. The van der Waals surface area contributed by atoms with Gasteiger partial charge in [-0.15, -0.1) is 0 Å². The molecule has 0 aromatic rings. The summed E-state index contributed by atoms with van der Waals surface area (Å²) in [6.07, 6.45) is 0. The van der Waals surface area contributed by atoms with E-state index in [1.54, 1.807) is 0 Å². The molecule has 0 aromatic heterocycles. The van der Waals surface area contributed by atoms with Crippen LogP contribution in [0, 0.1) is 0 Å². The molecule has 0 unspecified atom stereocenters. The van der Waals surface area contributed by atoms with Crippen molar-refractivity contribution >= 4 is 0 Å². The molecule has 0 amide bonds. The van der Waals surface area contributed by atoms with Gasteiger partial charge in [-0.3, -0.25) is 0 Å². The predicted octanol–water partition coefficient (Wildman–Crippen LogP) is -4.55. The largest absolute Gasteiger partial charge is 2.00 e. The van der Waals surface area contributed by atoms with Crippen molar-refractivity contribution < 1.29 is 33.5 Å². The normalized spacial score (nSPS) is 6.75. The van der Waals surface area contributed by atoms with E-state index in [0.29, 0.717) is 13.2 Å². The van der Waals surface area contributed by atoms with Crippen LogP contribution in [0.3, 0.4) is 0 Å². The van der Waals surface area contributed by atoms with Gasteiger partial charge in [-0.25, -0.2) is 0 Å². The average Bonchev–Trinajstić information content (AvgIpc) is 1.61. The Bertz CT molecular complexity index is 26.5. The SMILES string of the molecule is NCCNCN.[Cl-].[Pt+2]. The standard InChI is InChI=1S/C3H11N3.ClH.Pt/c4-1-2-6-3-5;;/h6H,1-5H2;1H;/q;;+2/p-1. The van der Waals surface area contributed by atoms with E-state index >= 15 is 0 Å². The molecule has 0 fully saturated rings. The topological polar surface area (TPSA) is 64.1 Å². The van der Waals surface area contributed by atoms with Crippen LogP contribution >= 0.6 is 0 Å². The van der Waals surface area contributed by atoms with Crippen molar-refractivity contribution in [3.63, 3.8) is 0 Å². The Morgan fingerprint density at radius 3 is 1.88 bits per heavy atom. The van der Waals surface area contributed by atoms with Crippen LogP contribution in [-0.2, 0) is 21.1 Å². The molecule has 0 aromatic carbocycles. The zero-order chi connectivity index (χ0) is 4.83. The van der Waals surface area contributed by atoms with Gasteiger partial charge < -0.3 is 29.2 Å². The maximum absolute atomic E-state index is 5.10. The van der Waals surface area contributed by atoms with Gasteiger partial charge in [0.2, 0.25) is 0 Å². The van der Waals surface area contributed by atoms with E-state index in [1.165, 1.54) is 0 Å². The Morgan fingerprint density at radius 2 is 1.75 bits per heavy atom. The van der Waals surface area contributed by atoms with E-state index in [-0.39, 0.29) is 33.5 Å². The van der Waals surface area contributed by atoms with Crippen LogP contribution in [0.1, 0.15) is 0 Å². The van der Waals surface area contributed by atoms with E-state index < -0.39 is 0 Å².